The number of pyridine rings is 1. The summed E-state index contributed by atoms with van der Waals surface area (Å²) in [6.07, 6.45) is 1.92. The summed E-state index contributed by atoms with van der Waals surface area (Å²) in [5.74, 6) is 1.08. The summed E-state index contributed by atoms with van der Waals surface area (Å²) in [5.41, 5.74) is 4.51. The molecule has 0 aliphatic heterocycles. The molecule has 108 valence electrons. The number of hydrogen-bond acceptors (Lipinski definition) is 3. The van der Waals surface area contributed by atoms with Gasteiger partial charge in [0.15, 0.2) is 0 Å². The number of nitrogens with one attached hydrogen (secondary N) is 1. The molecule has 21 heavy (non-hydrogen) atoms. The van der Waals surface area contributed by atoms with Crippen LogP contribution < -0.4 is 5.32 Å². The van der Waals surface area contributed by atoms with Gasteiger partial charge < -0.3 is 9.88 Å². The molecular formula is C17H20N4. The fraction of sp³-hybridized carbons (Fsp3) is 0.294. The molecule has 1 N–H and O–H groups in total. The summed E-state index contributed by atoms with van der Waals surface area (Å²) in [5, 5.41) is 3.45. The first-order valence-corrected chi connectivity index (χ1v) is 7.34. The fourth-order valence-electron chi connectivity index (χ4n) is 2.53. The van der Waals surface area contributed by atoms with Crippen LogP contribution >= 0.6 is 0 Å². The lowest BCUT2D eigenvalue weighted by Crippen LogP contribution is -2.16. The highest BCUT2D eigenvalue weighted by atomic mass is 15.1. The predicted molar refractivity (Wildman–Crippen MR) is 84.9 cm³/mol. The minimum absolute atomic E-state index is 0.760. The van der Waals surface area contributed by atoms with E-state index in [9.17, 15) is 0 Å². The van der Waals surface area contributed by atoms with Crippen molar-refractivity contribution in [3.05, 3.63) is 59.7 Å². The number of nitrogens with zero attached hydrogens (tertiary/aromatic N) is 3. The molecule has 0 spiro atoms. The SMILES string of the molecule is CCn1c(CNCc2ccc(C)nc2)nc2ccccc21. The smallest absolute Gasteiger partial charge is 0.123 e. The molecule has 0 saturated heterocycles. The monoisotopic (exact) mass is 280 g/mol. The molecule has 2 aromatic heterocycles. The number of benzene rings is 1. The third-order valence-electron chi connectivity index (χ3n) is 3.63. The number of para-hydroxylation sites is 2. The highest BCUT2D eigenvalue weighted by Crippen LogP contribution is 2.15. The first-order chi connectivity index (χ1) is 10.3. The molecule has 4 heteroatoms. The minimum atomic E-state index is 0.760. The maximum absolute atomic E-state index is 4.71. The van der Waals surface area contributed by atoms with Crippen LogP contribution in [0.15, 0.2) is 42.6 Å². The molecule has 0 saturated carbocycles. The highest BCUT2D eigenvalue weighted by molar-refractivity contribution is 5.75. The van der Waals surface area contributed by atoms with Gasteiger partial charge in [-0.05, 0) is 37.6 Å². The van der Waals surface area contributed by atoms with Crippen molar-refractivity contribution in [2.75, 3.05) is 0 Å². The van der Waals surface area contributed by atoms with Gasteiger partial charge >= 0.3 is 0 Å². The third-order valence-corrected chi connectivity index (χ3v) is 3.63. The van der Waals surface area contributed by atoms with E-state index in [-0.39, 0.29) is 0 Å². The molecule has 4 nitrogen and oxygen atoms in total. The van der Waals surface area contributed by atoms with Gasteiger partial charge in [-0.3, -0.25) is 4.98 Å². The van der Waals surface area contributed by atoms with Gasteiger partial charge in [0, 0.05) is 25.0 Å². The van der Waals surface area contributed by atoms with Gasteiger partial charge in [-0.15, -0.1) is 0 Å². The Balaban J connectivity index is 1.71. The molecule has 0 atom stereocenters. The molecule has 0 bridgehead atoms. The second-order valence-electron chi connectivity index (χ2n) is 5.17. The zero-order chi connectivity index (χ0) is 14.7. The van der Waals surface area contributed by atoms with Crippen molar-refractivity contribution >= 4 is 11.0 Å². The normalized spacial score (nSPS) is 11.1. The van der Waals surface area contributed by atoms with E-state index in [1.54, 1.807) is 0 Å². The van der Waals surface area contributed by atoms with Gasteiger partial charge in [-0.1, -0.05) is 18.2 Å². The van der Waals surface area contributed by atoms with Crippen molar-refractivity contribution in [1.29, 1.82) is 0 Å². The fourth-order valence-corrected chi connectivity index (χ4v) is 2.53. The van der Waals surface area contributed by atoms with Crippen LogP contribution in [0.2, 0.25) is 0 Å². The summed E-state index contributed by atoms with van der Waals surface area (Å²) >= 11 is 0. The minimum Gasteiger partial charge on any atom is -0.327 e. The van der Waals surface area contributed by atoms with Crippen molar-refractivity contribution in [3.63, 3.8) is 0 Å². The quantitative estimate of drug-likeness (QED) is 0.781. The molecule has 0 radical (unpaired) electrons. The summed E-state index contributed by atoms with van der Waals surface area (Å²) in [4.78, 5) is 9.03. The lowest BCUT2D eigenvalue weighted by atomic mass is 10.2. The summed E-state index contributed by atoms with van der Waals surface area (Å²) in [6, 6.07) is 12.4. The first-order valence-electron chi connectivity index (χ1n) is 7.34. The Morgan fingerprint density at radius 1 is 1.10 bits per heavy atom. The largest absolute Gasteiger partial charge is 0.327 e. The van der Waals surface area contributed by atoms with Gasteiger partial charge in [-0.2, -0.15) is 0 Å². The van der Waals surface area contributed by atoms with Crippen LogP contribution in [0.25, 0.3) is 11.0 Å². The molecular weight excluding hydrogens is 260 g/mol. The number of hydrogen-bond donors (Lipinski definition) is 1. The van der Waals surface area contributed by atoms with E-state index in [2.05, 4.69) is 46.1 Å². The van der Waals surface area contributed by atoms with Crippen molar-refractivity contribution < 1.29 is 0 Å². The lowest BCUT2D eigenvalue weighted by molar-refractivity contribution is 0.620. The predicted octanol–water partition coefficient (Wildman–Crippen LogP) is 3.05. The summed E-state index contributed by atoms with van der Waals surface area (Å²) < 4.78 is 2.26. The summed E-state index contributed by atoms with van der Waals surface area (Å²) in [7, 11) is 0. The Bertz CT molecular complexity index is 728. The van der Waals surface area contributed by atoms with Gasteiger partial charge in [-0.25, -0.2) is 4.98 Å². The van der Waals surface area contributed by atoms with Crippen molar-refractivity contribution in [2.45, 2.75) is 33.5 Å². The Kier molecular flexibility index (Phi) is 3.97. The maximum atomic E-state index is 4.71. The average molecular weight is 280 g/mol. The molecule has 3 aromatic rings. The van der Waals surface area contributed by atoms with Gasteiger partial charge in [0.2, 0.25) is 0 Å². The van der Waals surface area contributed by atoms with Gasteiger partial charge in [0.05, 0.1) is 17.6 Å². The number of imidazole rings is 1. The van der Waals surface area contributed by atoms with Gasteiger partial charge in [0.1, 0.15) is 5.82 Å². The summed E-state index contributed by atoms with van der Waals surface area (Å²) in [6.45, 7) is 6.66. The van der Waals surface area contributed by atoms with Crippen molar-refractivity contribution in [3.8, 4) is 0 Å². The van der Waals surface area contributed by atoms with E-state index in [0.717, 1.165) is 36.7 Å². The molecule has 1 aromatic carbocycles. The third kappa shape index (κ3) is 2.95. The second kappa shape index (κ2) is 6.06. The van der Waals surface area contributed by atoms with Crippen LogP contribution in [0.4, 0.5) is 0 Å². The lowest BCUT2D eigenvalue weighted by Gasteiger charge is -2.07. The first kappa shape index (κ1) is 13.8. The van der Waals surface area contributed by atoms with E-state index < -0.39 is 0 Å². The van der Waals surface area contributed by atoms with Crippen LogP contribution in [0.1, 0.15) is 24.0 Å². The van der Waals surface area contributed by atoms with Crippen LogP contribution in [-0.4, -0.2) is 14.5 Å². The maximum Gasteiger partial charge on any atom is 0.123 e. The zero-order valence-corrected chi connectivity index (χ0v) is 12.5. The number of aromatic nitrogens is 3. The van der Waals surface area contributed by atoms with Crippen molar-refractivity contribution in [2.24, 2.45) is 0 Å². The van der Waals surface area contributed by atoms with E-state index in [0.29, 0.717) is 0 Å². The molecule has 0 amide bonds. The number of fused-ring (bicyclic) bond motifs is 1. The second-order valence-corrected chi connectivity index (χ2v) is 5.17. The average Bonchev–Trinajstić information content (AvgIpc) is 2.86. The van der Waals surface area contributed by atoms with Crippen LogP contribution in [0, 0.1) is 6.92 Å². The molecule has 3 rings (SSSR count). The Hall–Kier alpha value is -2.20. The molecule has 0 unspecified atom stereocenters. The number of aryl methyl sites for hydroxylation is 2. The van der Waals surface area contributed by atoms with E-state index in [1.165, 1.54) is 11.1 Å². The van der Waals surface area contributed by atoms with E-state index in [4.69, 9.17) is 4.98 Å². The molecule has 0 aliphatic rings. The van der Waals surface area contributed by atoms with Crippen LogP contribution in [0.3, 0.4) is 0 Å². The van der Waals surface area contributed by atoms with Crippen LogP contribution in [-0.2, 0) is 19.6 Å². The molecule has 2 heterocycles. The highest BCUT2D eigenvalue weighted by Gasteiger charge is 2.08. The Morgan fingerprint density at radius 2 is 1.95 bits per heavy atom. The van der Waals surface area contributed by atoms with Crippen molar-refractivity contribution in [1.82, 2.24) is 19.9 Å². The topological polar surface area (TPSA) is 42.7 Å². The van der Waals surface area contributed by atoms with Crippen LogP contribution in [0.5, 0.6) is 0 Å². The standard InChI is InChI=1S/C17H20N4/c1-3-21-16-7-5-4-6-15(16)20-17(21)12-18-10-14-9-8-13(2)19-11-14/h4-9,11,18H,3,10,12H2,1-2H3. The van der Waals surface area contributed by atoms with Gasteiger partial charge in [0.25, 0.3) is 0 Å². The van der Waals surface area contributed by atoms with E-state index >= 15 is 0 Å². The Labute approximate surface area is 124 Å². The molecule has 0 fully saturated rings. The number of rotatable bonds is 5. The van der Waals surface area contributed by atoms with E-state index in [1.807, 2.05) is 25.3 Å². The zero-order valence-electron chi connectivity index (χ0n) is 12.5. The Morgan fingerprint density at radius 3 is 2.71 bits per heavy atom. The molecule has 0 aliphatic carbocycles.